The number of carbonyl (C=O) groups is 2. The van der Waals surface area contributed by atoms with Gasteiger partial charge in [-0.1, -0.05) is 51.7 Å². The van der Waals surface area contributed by atoms with Crippen molar-refractivity contribution in [1.29, 1.82) is 0 Å². The van der Waals surface area contributed by atoms with Crippen molar-refractivity contribution in [3.05, 3.63) is 12.7 Å². The van der Waals surface area contributed by atoms with Gasteiger partial charge in [0.05, 0.1) is 13.0 Å². The Labute approximate surface area is 166 Å². The average Bonchev–Trinajstić information content (AvgIpc) is 2.48. The van der Waals surface area contributed by atoms with E-state index in [0.717, 1.165) is 32.1 Å². The number of rotatable bonds is 13. The molecule has 0 aliphatic rings. The van der Waals surface area contributed by atoms with Gasteiger partial charge in [-0.15, -0.1) is 0 Å². The molecule has 0 bridgehead atoms. The van der Waals surface area contributed by atoms with E-state index in [2.05, 4.69) is 18.2 Å². The van der Waals surface area contributed by atoms with Gasteiger partial charge in [0, 0.05) is 0 Å². The molecule has 0 aliphatic carbocycles. The molecule has 0 rings (SSSR count). The Morgan fingerprint density at radius 2 is 1.71 bits per heavy atom. The Kier molecular flexibility index (Phi) is 16.0. The molecule has 0 N–H and O–H groups in total. The van der Waals surface area contributed by atoms with Crippen molar-refractivity contribution in [3.8, 4) is 0 Å². The first-order chi connectivity index (χ1) is 10.8. The van der Waals surface area contributed by atoms with E-state index in [0.29, 0.717) is 6.42 Å². The van der Waals surface area contributed by atoms with E-state index < -0.39 is 33.7 Å². The van der Waals surface area contributed by atoms with Crippen LogP contribution in [-0.4, -0.2) is 43.4 Å². The second kappa shape index (κ2) is 14.9. The van der Waals surface area contributed by atoms with Crippen molar-refractivity contribution in [1.82, 2.24) is 0 Å². The molecule has 0 heterocycles. The molecule has 134 valence electrons. The summed E-state index contributed by atoms with van der Waals surface area (Å²) in [5.41, 5.74) is 0. The normalized spacial score (nSPS) is 11.9. The van der Waals surface area contributed by atoms with Crippen molar-refractivity contribution in [3.63, 3.8) is 0 Å². The quantitative estimate of drug-likeness (QED) is 0.133. The van der Waals surface area contributed by atoms with Gasteiger partial charge in [0.15, 0.2) is 5.25 Å². The molecule has 24 heavy (non-hydrogen) atoms. The van der Waals surface area contributed by atoms with Crippen molar-refractivity contribution >= 4 is 22.1 Å². The molecule has 0 aromatic carbocycles. The summed E-state index contributed by atoms with van der Waals surface area (Å²) in [6.07, 6.45) is 6.23. The molecular formula is C15H25NaO7S. The minimum atomic E-state index is -4.99. The fourth-order valence-electron chi connectivity index (χ4n) is 1.81. The predicted molar refractivity (Wildman–Crippen MR) is 83.6 cm³/mol. The van der Waals surface area contributed by atoms with Crippen molar-refractivity contribution in [2.75, 3.05) is 13.2 Å². The predicted octanol–water partition coefficient (Wildman–Crippen LogP) is -1.07. The second-order valence-corrected chi connectivity index (χ2v) is 6.65. The second-order valence-electron chi connectivity index (χ2n) is 5.09. The Bertz CT molecular complexity index is 476. The van der Waals surface area contributed by atoms with Gasteiger partial charge in [-0.25, -0.2) is 8.42 Å². The van der Waals surface area contributed by atoms with Gasteiger partial charge in [0.2, 0.25) is 0 Å². The van der Waals surface area contributed by atoms with E-state index in [1.54, 1.807) is 0 Å². The summed E-state index contributed by atoms with van der Waals surface area (Å²) in [5.74, 6) is -2.17. The van der Waals surface area contributed by atoms with Gasteiger partial charge in [-0.2, -0.15) is 0 Å². The molecule has 0 fully saturated rings. The first kappa shape index (κ1) is 25.8. The fraction of sp³-hybridized carbons (Fsp3) is 0.733. The van der Waals surface area contributed by atoms with E-state index in [4.69, 9.17) is 4.74 Å². The molecule has 0 aliphatic heterocycles. The summed E-state index contributed by atoms with van der Waals surface area (Å²) in [4.78, 5) is 23.1. The van der Waals surface area contributed by atoms with Gasteiger partial charge in [-0.3, -0.25) is 9.59 Å². The van der Waals surface area contributed by atoms with Crippen molar-refractivity contribution in [2.45, 2.75) is 57.1 Å². The molecule has 7 nitrogen and oxygen atoms in total. The minimum Gasteiger partial charge on any atom is -0.747 e. The van der Waals surface area contributed by atoms with Crippen LogP contribution in [0.3, 0.4) is 0 Å². The molecular weight excluding hydrogens is 347 g/mol. The first-order valence-corrected chi connectivity index (χ1v) is 9.18. The average molecular weight is 372 g/mol. The Balaban J connectivity index is 0. The van der Waals surface area contributed by atoms with Crippen molar-refractivity contribution < 1.29 is 61.6 Å². The van der Waals surface area contributed by atoms with Gasteiger partial charge in [0.1, 0.15) is 16.7 Å². The zero-order valence-electron chi connectivity index (χ0n) is 14.5. The monoisotopic (exact) mass is 372 g/mol. The smallest absolute Gasteiger partial charge is 0.747 e. The molecule has 1 atom stereocenters. The third kappa shape index (κ3) is 12.9. The van der Waals surface area contributed by atoms with Crippen LogP contribution in [0.4, 0.5) is 0 Å². The fourth-order valence-corrected chi connectivity index (χ4v) is 2.46. The van der Waals surface area contributed by atoms with E-state index in [-0.39, 0.29) is 42.8 Å². The topological polar surface area (TPSA) is 110 Å². The van der Waals surface area contributed by atoms with Crippen LogP contribution in [0, 0.1) is 0 Å². The van der Waals surface area contributed by atoms with Gasteiger partial charge in [-0.05, 0) is 6.42 Å². The number of hydrogen-bond acceptors (Lipinski definition) is 7. The van der Waals surface area contributed by atoms with E-state index in [1.807, 2.05) is 0 Å². The summed E-state index contributed by atoms with van der Waals surface area (Å²) in [6, 6.07) is 0. The molecule has 0 amide bonds. The van der Waals surface area contributed by atoms with Gasteiger partial charge >= 0.3 is 41.5 Å². The van der Waals surface area contributed by atoms with Crippen LogP contribution in [-0.2, 0) is 29.2 Å². The summed E-state index contributed by atoms with van der Waals surface area (Å²) >= 11 is 0. The van der Waals surface area contributed by atoms with Crippen LogP contribution in [0.5, 0.6) is 0 Å². The number of unbranched alkanes of at least 4 members (excludes halogenated alkanes) is 5. The zero-order chi connectivity index (χ0) is 17.7. The summed E-state index contributed by atoms with van der Waals surface area (Å²) < 4.78 is 42.7. The Hall–Kier alpha value is -0.410. The molecule has 0 radical (unpaired) electrons. The molecule has 0 spiro atoms. The largest absolute Gasteiger partial charge is 1.00 e. The summed E-state index contributed by atoms with van der Waals surface area (Å²) in [7, 11) is -4.99. The standard InChI is InChI=1S/C15H26O7S.Na/c1-3-5-6-7-8-9-11-22-15(17)13(23(18,19)20)12-14(16)21-10-4-2;/h4,13H,2-3,5-12H2,1H3,(H,18,19,20);/q;+1/p-1. The maximum absolute atomic E-state index is 11.7. The number of ether oxygens (including phenoxy) is 2. The van der Waals surface area contributed by atoms with Crippen LogP contribution in [0.25, 0.3) is 0 Å². The number of hydrogen-bond donors (Lipinski definition) is 0. The zero-order valence-corrected chi connectivity index (χ0v) is 17.3. The van der Waals surface area contributed by atoms with E-state index in [9.17, 15) is 22.6 Å². The number of esters is 2. The molecule has 1 unspecified atom stereocenters. The minimum absolute atomic E-state index is 0. The van der Waals surface area contributed by atoms with Crippen molar-refractivity contribution in [2.24, 2.45) is 0 Å². The van der Waals surface area contributed by atoms with Crippen LogP contribution < -0.4 is 29.6 Å². The Morgan fingerprint density at radius 3 is 2.25 bits per heavy atom. The van der Waals surface area contributed by atoms with Crippen LogP contribution in [0.1, 0.15) is 51.9 Å². The molecule has 0 saturated carbocycles. The van der Waals surface area contributed by atoms with Crippen LogP contribution >= 0.6 is 0 Å². The molecule has 0 saturated heterocycles. The van der Waals surface area contributed by atoms with Crippen LogP contribution in [0.2, 0.25) is 0 Å². The van der Waals surface area contributed by atoms with Crippen LogP contribution in [0.15, 0.2) is 12.7 Å². The molecule has 0 aromatic rings. The third-order valence-corrected chi connectivity index (χ3v) is 4.12. The number of carbonyl (C=O) groups excluding carboxylic acids is 2. The van der Waals surface area contributed by atoms with Gasteiger partial charge < -0.3 is 14.0 Å². The van der Waals surface area contributed by atoms with E-state index in [1.165, 1.54) is 6.08 Å². The SMILES string of the molecule is C=CCOC(=O)CC(C(=O)OCCCCCCCC)S(=O)(=O)[O-].[Na+]. The van der Waals surface area contributed by atoms with Gasteiger partial charge in [0.25, 0.3) is 0 Å². The molecule has 0 aromatic heterocycles. The third-order valence-electron chi connectivity index (χ3n) is 3.07. The summed E-state index contributed by atoms with van der Waals surface area (Å²) in [5, 5.41) is -2.07. The first-order valence-electron chi connectivity index (χ1n) is 7.70. The maximum atomic E-state index is 11.7. The maximum Gasteiger partial charge on any atom is 1.00 e. The van der Waals surface area contributed by atoms with E-state index >= 15 is 0 Å². The Morgan fingerprint density at radius 1 is 1.12 bits per heavy atom. The summed E-state index contributed by atoms with van der Waals surface area (Å²) in [6.45, 7) is 5.32. The molecule has 9 heteroatoms.